The number of methoxy groups -OCH3 is 1. The van der Waals surface area contributed by atoms with Gasteiger partial charge in [0.2, 0.25) is 0 Å². The molecule has 1 saturated carbocycles. The first-order chi connectivity index (χ1) is 10.1. The fraction of sp³-hybridized carbons (Fsp3) is 0.467. The number of H-pyrrole nitrogens is 1. The summed E-state index contributed by atoms with van der Waals surface area (Å²) in [6.07, 6.45) is 3.27. The Morgan fingerprint density at radius 1 is 1.52 bits per heavy atom. The number of hydrogen-bond acceptors (Lipinski definition) is 4. The minimum atomic E-state index is -0.157. The molecule has 0 bridgehead atoms. The highest BCUT2D eigenvalue weighted by atomic mass is 16.5. The predicted molar refractivity (Wildman–Crippen MR) is 81.0 cm³/mol. The van der Waals surface area contributed by atoms with Crippen molar-refractivity contribution in [3.8, 4) is 0 Å². The minimum Gasteiger partial charge on any atom is -0.399 e. The van der Waals surface area contributed by atoms with E-state index in [4.69, 9.17) is 10.5 Å². The van der Waals surface area contributed by atoms with E-state index in [-0.39, 0.29) is 11.3 Å². The third kappa shape index (κ3) is 2.85. The topological polar surface area (TPSA) is 93.0 Å². The minimum absolute atomic E-state index is 0.157. The first-order valence-electron chi connectivity index (χ1n) is 7.14. The SMILES string of the molecule is COCCC1(CNC(=O)c2n[nH]c3ccc(N)cc23)CC1. The lowest BCUT2D eigenvalue weighted by molar-refractivity contribution is 0.0934. The molecule has 0 atom stereocenters. The molecule has 1 aromatic carbocycles. The number of amides is 1. The van der Waals surface area contributed by atoms with E-state index in [0.717, 1.165) is 36.8 Å². The summed E-state index contributed by atoms with van der Waals surface area (Å²) in [5.74, 6) is -0.157. The van der Waals surface area contributed by atoms with E-state index >= 15 is 0 Å². The molecule has 1 aliphatic carbocycles. The second-order valence-corrected chi connectivity index (χ2v) is 5.80. The monoisotopic (exact) mass is 288 g/mol. The van der Waals surface area contributed by atoms with E-state index in [9.17, 15) is 4.79 Å². The zero-order valence-electron chi connectivity index (χ0n) is 12.1. The van der Waals surface area contributed by atoms with Crippen LogP contribution >= 0.6 is 0 Å². The van der Waals surface area contributed by atoms with Crippen LogP contribution < -0.4 is 11.1 Å². The van der Waals surface area contributed by atoms with Gasteiger partial charge in [0.15, 0.2) is 5.69 Å². The molecule has 112 valence electrons. The molecular weight excluding hydrogens is 268 g/mol. The van der Waals surface area contributed by atoms with Crippen molar-refractivity contribution < 1.29 is 9.53 Å². The second kappa shape index (κ2) is 5.37. The maximum Gasteiger partial charge on any atom is 0.272 e. The summed E-state index contributed by atoms with van der Waals surface area (Å²) >= 11 is 0. The summed E-state index contributed by atoms with van der Waals surface area (Å²) in [7, 11) is 1.70. The molecule has 3 rings (SSSR count). The molecule has 1 aliphatic rings. The summed E-state index contributed by atoms with van der Waals surface area (Å²) in [5, 5.41) is 10.7. The van der Waals surface area contributed by atoms with Gasteiger partial charge in [0.25, 0.3) is 5.91 Å². The lowest BCUT2D eigenvalue weighted by Gasteiger charge is -2.14. The van der Waals surface area contributed by atoms with Crippen LogP contribution in [0.1, 0.15) is 29.8 Å². The van der Waals surface area contributed by atoms with E-state index in [2.05, 4.69) is 15.5 Å². The largest absolute Gasteiger partial charge is 0.399 e. The third-order valence-corrected chi connectivity index (χ3v) is 4.22. The number of carbonyl (C=O) groups is 1. The van der Waals surface area contributed by atoms with Crippen LogP contribution in [0.4, 0.5) is 5.69 Å². The summed E-state index contributed by atoms with van der Waals surface area (Å²) < 4.78 is 5.12. The molecule has 0 radical (unpaired) electrons. The number of nitrogen functional groups attached to an aromatic ring is 1. The zero-order chi connectivity index (χ0) is 14.9. The van der Waals surface area contributed by atoms with Gasteiger partial charge in [-0.25, -0.2) is 0 Å². The summed E-state index contributed by atoms with van der Waals surface area (Å²) in [4.78, 5) is 12.3. The molecular formula is C15H20N4O2. The Morgan fingerprint density at radius 2 is 2.33 bits per heavy atom. The summed E-state index contributed by atoms with van der Waals surface area (Å²) in [5.41, 5.74) is 7.83. The van der Waals surface area contributed by atoms with Crippen LogP contribution in [0.5, 0.6) is 0 Å². The number of fused-ring (bicyclic) bond motifs is 1. The van der Waals surface area contributed by atoms with Gasteiger partial charge in [0.1, 0.15) is 0 Å². The number of nitrogens with zero attached hydrogens (tertiary/aromatic N) is 1. The molecule has 4 N–H and O–H groups in total. The van der Waals surface area contributed by atoms with Gasteiger partial charge in [0, 0.05) is 31.3 Å². The van der Waals surface area contributed by atoms with Crippen molar-refractivity contribution in [1.82, 2.24) is 15.5 Å². The van der Waals surface area contributed by atoms with Gasteiger partial charge in [-0.05, 0) is 42.9 Å². The molecule has 0 aliphatic heterocycles. The van der Waals surface area contributed by atoms with E-state index < -0.39 is 0 Å². The van der Waals surface area contributed by atoms with Gasteiger partial charge < -0.3 is 15.8 Å². The highest BCUT2D eigenvalue weighted by Crippen LogP contribution is 2.48. The van der Waals surface area contributed by atoms with Crippen LogP contribution in [-0.2, 0) is 4.74 Å². The number of nitrogens with two attached hydrogens (primary N) is 1. The number of hydrogen-bond donors (Lipinski definition) is 3. The summed E-state index contributed by atoms with van der Waals surface area (Å²) in [6, 6.07) is 5.38. The van der Waals surface area contributed by atoms with Crippen LogP contribution in [0.2, 0.25) is 0 Å². The van der Waals surface area contributed by atoms with Crippen molar-refractivity contribution in [2.75, 3.05) is 26.0 Å². The molecule has 6 nitrogen and oxygen atoms in total. The summed E-state index contributed by atoms with van der Waals surface area (Å²) in [6.45, 7) is 1.41. The molecule has 1 aromatic heterocycles. The van der Waals surface area contributed by atoms with Crippen LogP contribution in [0.25, 0.3) is 10.9 Å². The standard InChI is InChI=1S/C15H20N4O2/c1-21-7-6-15(4-5-15)9-17-14(20)13-11-8-10(16)2-3-12(11)18-19-13/h2-3,8H,4-7,9,16H2,1H3,(H,17,20)(H,18,19). The first kappa shape index (κ1) is 13.9. The number of carbonyl (C=O) groups excluding carboxylic acids is 1. The number of nitrogens with one attached hydrogen (secondary N) is 2. The van der Waals surface area contributed by atoms with Gasteiger partial charge >= 0.3 is 0 Å². The van der Waals surface area contributed by atoms with Crippen LogP contribution in [0.15, 0.2) is 18.2 Å². The van der Waals surface area contributed by atoms with Crippen molar-refractivity contribution in [2.45, 2.75) is 19.3 Å². The van der Waals surface area contributed by atoms with Gasteiger partial charge in [0.05, 0.1) is 5.52 Å². The van der Waals surface area contributed by atoms with Crippen molar-refractivity contribution in [3.63, 3.8) is 0 Å². The lowest BCUT2D eigenvalue weighted by Crippen LogP contribution is -2.31. The van der Waals surface area contributed by atoms with Gasteiger partial charge in [-0.15, -0.1) is 0 Å². The lowest BCUT2D eigenvalue weighted by atomic mass is 10.0. The van der Waals surface area contributed by atoms with Crippen LogP contribution in [-0.4, -0.2) is 36.4 Å². The van der Waals surface area contributed by atoms with Crippen LogP contribution in [0, 0.1) is 5.41 Å². The maximum atomic E-state index is 12.3. The quantitative estimate of drug-likeness (QED) is 0.705. The maximum absolute atomic E-state index is 12.3. The smallest absolute Gasteiger partial charge is 0.272 e. The van der Waals surface area contributed by atoms with Crippen molar-refractivity contribution >= 4 is 22.5 Å². The number of aromatic amines is 1. The normalized spacial score (nSPS) is 16.0. The van der Waals surface area contributed by atoms with E-state index in [0.29, 0.717) is 17.9 Å². The number of benzene rings is 1. The molecule has 1 amide bonds. The molecule has 0 saturated heterocycles. The van der Waals surface area contributed by atoms with Gasteiger partial charge in [-0.1, -0.05) is 0 Å². The Balaban J connectivity index is 1.69. The van der Waals surface area contributed by atoms with Gasteiger partial charge in [-0.3, -0.25) is 9.89 Å². The van der Waals surface area contributed by atoms with Crippen molar-refractivity contribution in [2.24, 2.45) is 5.41 Å². The number of rotatable bonds is 6. The molecule has 2 aromatic rings. The Labute approximate surface area is 123 Å². The average Bonchev–Trinajstić information content (AvgIpc) is 3.14. The highest BCUT2D eigenvalue weighted by molar-refractivity contribution is 6.05. The third-order valence-electron chi connectivity index (χ3n) is 4.22. The second-order valence-electron chi connectivity index (χ2n) is 5.80. The Kier molecular flexibility index (Phi) is 3.55. The van der Waals surface area contributed by atoms with E-state index in [1.54, 1.807) is 19.2 Å². The Bertz CT molecular complexity index is 661. The Morgan fingerprint density at radius 3 is 3.05 bits per heavy atom. The predicted octanol–water partition coefficient (Wildman–Crippen LogP) is 1.69. The van der Waals surface area contributed by atoms with Gasteiger partial charge in [-0.2, -0.15) is 5.10 Å². The molecule has 1 fully saturated rings. The number of ether oxygens (including phenoxy) is 1. The van der Waals surface area contributed by atoms with Crippen molar-refractivity contribution in [1.29, 1.82) is 0 Å². The molecule has 6 heteroatoms. The fourth-order valence-corrected chi connectivity index (χ4v) is 2.57. The number of anilines is 1. The van der Waals surface area contributed by atoms with E-state index in [1.807, 2.05) is 6.07 Å². The highest BCUT2D eigenvalue weighted by Gasteiger charge is 2.42. The fourth-order valence-electron chi connectivity index (χ4n) is 2.57. The zero-order valence-corrected chi connectivity index (χ0v) is 12.1. The van der Waals surface area contributed by atoms with E-state index in [1.165, 1.54) is 0 Å². The number of aromatic nitrogens is 2. The molecule has 1 heterocycles. The van der Waals surface area contributed by atoms with Crippen LogP contribution in [0.3, 0.4) is 0 Å². The molecule has 0 spiro atoms. The average molecular weight is 288 g/mol. The molecule has 21 heavy (non-hydrogen) atoms. The van der Waals surface area contributed by atoms with Crippen molar-refractivity contribution in [3.05, 3.63) is 23.9 Å². The molecule has 0 unspecified atom stereocenters. The first-order valence-corrected chi connectivity index (χ1v) is 7.14. The Hall–Kier alpha value is -2.08.